The Hall–Kier alpha value is -2.87. The first-order chi connectivity index (χ1) is 17.5. The zero-order valence-corrected chi connectivity index (χ0v) is 23.6. The van der Waals surface area contributed by atoms with Crippen LogP contribution >= 0.6 is 0 Å². The molecule has 0 aromatic heterocycles. The lowest BCUT2D eigenvalue weighted by molar-refractivity contribution is -0.140. The van der Waals surface area contributed by atoms with Crippen molar-refractivity contribution in [3.05, 3.63) is 64.7 Å². The van der Waals surface area contributed by atoms with Crippen molar-refractivity contribution in [2.75, 3.05) is 17.1 Å². The molecule has 1 aliphatic rings. The summed E-state index contributed by atoms with van der Waals surface area (Å²) in [4.78, 5) is 28.9. The van der Waals surface area contributed by atoms with Crippen LogP contribution in [-0.4, -0.2) is 50.0 Å². The monoisotopic (exact) mass is 527 g/mol. The van der Waals surface area contributed by atoms with Gasteiger partial charge in [0.05, 0.1) is 11.9 Å². The average molecular weight is 528 g/mol. The summed E-state index contributed by atoms with van der Waals surface area (Å²) in [6.45, 7) is 7.39. The Morgan fingerprint density at radius 1 is 1.00 bits per heavy atom. The summed E-state index contributed by atoms with van der Waals surface area (Å²) < 4.78 is 27.0. The number of para-hydroxylation sites is 1. The van der Waals surface area contributed by atoms with E-state index in [0.29, 0.717) is 12.1 Å². The van der Waals surface area contributed by atoms with Crippen molar-refractivity contribution in [2.45, 2.75) is 84.8 Å². The molecule has 1 aliphatic carbocycles. The molecular weight excluding hydrogens is 486 g/mol. The van der Waals surface area contributed by atoms with Gasteiger partial charge in [-0.1, -0.05) is 74.2 Å². The van der Waals surface area contributed by atoms with Crippen LogP contribution in [-0.2, 0) is 26.2 Å². The Bertz CT molecular complexity index is 1190. The van der Waals surface area contributed by atoms with Crippen molar-refractivity contribution < 1.29 is 18.0 Å². The Kier molecular flexibility index (Phi) is 9.76. The quantitative estimate of drug-likeness (QED) is 0.488. The van der Waals surface area contributed by atoms with Crippen molar-refractivity contribution in [3.8, 4) is 0 Å². The van der Waals surface area contributed by atoms with Crippen LogP contribution in [0.4, 0.5) is 5.69 Å². The van der Waals surface area contributed by atoms with Crippen molar-refractivity contribution in [3.63, 3.8) is 0 Å². The predicted molar refractivity (Wildman–Crippen MR) is 149 cm³/mol. The lowest BCUT2D eigenvalue weighted by Crippen LogP contribution is -2.54. The normalized spacial score (nSPS) is 15.2. The zero-order chi connectivity index (χ0) is 27.2. The van der Waals surface area contributed by atoms with E-state index in [1.54, 1.807) is 4.90 Å². The molecule has 2 amide bonds. The molecule has 2 aromatic carbocycles. The minimum Gasteiger partial charge on any atom is -0.352 e. The Labute approximate surface area is 222 Å². The third-order valence-electron chi connectivity index (χ3n) is 7.14. The lowest BCUT2D eigenvalue weighted by Gasteiger charge is -2.34. The van der Waals surface area contributed by atoms with Crippen LogP contribution in [0, 0.1) is 20.8 Å². The number of nitrogens with one attached hydrogen (secondary N) is 1. The van der Waals surface area contributed by atoms with E-state index in [0.717, 1.165) is 54.2 Å². The van der Waals surface area contributed by atoms with Gasteiger partial charge in [0.25, 0.3) is 0 Å². The average Bonchev–Trinajstić information content (AvgIpc) is 2.83. The van der Waals surface area contributed by atoms with Crippen LogP contribution in [0.15, 0.2) is 42.5 Å². The van der Waals surface area contributed by atoms with Gasteiger partial charge in [-0.15, -0.1) is 0 Å². The highest BCUT2D eigenvalue weighted by Gasteiger charge is 2.33. The Morgan fingerprint density at radius 3 is 2.19 bits per heavy atom. The largest absolute Gasteiger partial charge is 0.352 e. The number of carbonyl (C=O) groups excluding carboxylic acids is 2. The SMILES string of the molecule is CC[C@H](C(=O)NC1CCCCC1)N(Cc1cccc(C)c1)C(=O)CN(c1c(C)cccc1C)S(C)(=O)=O. The van der Waals surface area contributed by atoms with Gasteiger partial charge in [0.1, 0.15) is 12.6 Å². The number of carbonyl (C=O) groups is 2. The highest BCUT2D eigenvalue weighted by molar-refractivity contribution is 7.92. The maximum atomic E-state index is 13.9. The van der Waals surface area contributed by atoms with E-state index < -0.39 is 22.0 Å². The van der Waals surface area contributed by atoms with Crippen LogP contribution in [0.3, 0.4) is 0 Å². The topological polar surface area (TPSA) is 86.8 Å². The Balaban J connectivity index is 1.95. The van der Waals surface area contributed by atoms with Crippen LogP contribution < -0.4 is 9.62 Å². The smallest absolute Gasteiger partial charge is 0.244 e. The summed E-state index contributed by atoms with van der Waals surface area (Å²) in [5.41, 5.74) is 4.00. The van der Waals surface area contributed by atoms with Crippen LogP contribution in [0.25, 0.3) is 0 Å². The molecule has 202 valence electrons. The van der Waals surface area contributed by atoms with E-state index >= 15 is 0 Å². The van der Waals surface area contributed by atoms with Gasteiger partial charge in [-0.25, -0.2) is 8.42 Å². The number of rotatable bonds is 10. The van der Waals surface area contributed by atoms with Gasteiger partial charge >= 0.3 is 0 Å². The second-order valence-electron chi connectivity index (χ2n) is 10.3. The molecule has 0 aliphatic heterocycles. The standard InChI is InChI=1S/C29H41N3O4S/c1-6-26(29(34)30-25-16-8-7-9-17-25)31(19-24-15-10-12-21(2)18-24)27(33)20-32(37(5,35)36)28-22(3)13-11-14-23(28)4/h10-15,18,25-26H,6-9,16-17,19-20H2,1-5H3,(H,30,34)/t26-/m1/s1. The van der Waals surface area contributed by atoms with Crippen molar-refractivity contribution in [2.24, 2.45) is 0 Å². The van der Waals surface area contributed by atoms with Gasteiger partial charge in [0.2, 0.25) is 21.8 Å². The molecule has 0 saturated heterocycles. The first-order valence-electron chi connectivity index (χ1n) is 13.2. The number of nitrogens with zero attached hydrogens (tertiary/aromatic N) is 2. The number of hydrogen-bond donors (Lipinski definition) is 1. The van der Waals surface area contributed by atoms with Gasteiger partial charge < -0.3 is 10.2 Å². The summed E-state index contributed by atoms with van der Waals surface area (Å²) in [5.74, 6) is -0.575. The molecule has 1 saturated carbocycles. The number of sulfonamides is 1. The summed E-state index contributed by atoms with van der Waals surface area (Å²) in [7, 11) is -3.76. The predicted octanol–water partition coefficient (Wildman–Crippen LogP) is 4.63. The molecule has 2 aromatic rings. The maximum Gasteiger partial charge on any atom is 0.244 e. The fourth-order valence-corrected chi connectivity index (χ4v) is 6.21. The molecule has 1 fully saturated rings. The van der Waals surface area contributed by atoms with Crippen molar-refractivity contribution >= 4 is 27.5 Å². The minimum absolute atomic E-state index is 0.119. The molecule has 0 unspecified atom stereocenters. The summed E-state index contributed by atoms with van der Waals surface area (Å²) in [6, 6.07) is 12.8. The molecule has 7 nitrogen and oxygen atoms in total. The van der Waals surface area contributed by atoms with Crippen LogP contribution in [0.1, 0.15) is 67.7 Å². The van der Waals surface area contributed by atoms with Gasteiger partial charge in [-0.3, -0.25) is 13.9 Å². The van der Waals surface area contributed by atoms with Crippen LogP contribution in [0.2, 0.25) is 0 Å². The second kappa shape index (κ2) is 12.6. The highest BCUT2D eigenvalue weighted by Crippen LogP contribution is 2.27. The van der Waals surface area contributed by atoms with E-state index in [4.69, 9.17) is 0 Å². The van der Waals surface area contributed by atoms with E-state index in [2.05, 4.69) is 5.32 Å². The molecular formula is C29H41N3O4S. The van der Waals surface area contributed by atoms with Gasteiger partial charge in [0.15, 0.2) is 0 Å². The summed E-state index contributed by atoms with van der Waals surface area (Å²) >= 11 is 0. The van der Waals surface area contributed by atoms with Crippen molar-refractivity contribution in [1.29, 1.82) is 0 Å². The molecule has 1 N–H and O–H groups in total. The number of aryl methyl sites for hydroxylation is 3. The van der Waals surface area contributed by atoms with Gasteiger partial charge in [-0.05, 0) is 56.7 Å². The molecule has 0 heterocycles. The van der Waals surface area contributed by atoms with Crippen molar-refractivity contribution in [1.82, 2.24) is 10.2 Å². The summed E-state index contributed by atoms with van der Waals surface area (Å²) in [5, 5.41) is 3.17. The molecule has 3 rings (SSSR count). The lowest BCUT2D eigenvalue weighted by atomic mass is 9.95. The van der Waals surface area contributed by atoms with Gasteiger partial charge in [0, 0.05) is 12.6 Å². The fraction of sp³-hybridized carbons (Fsp3) is 0.517. The minimum atomic E-state index is -3.76. The number of hydrogen-bond acceptors (Lipinski definition) is 4. The fourth-order valence-electron chi connectivity index (χ4n) is 5.25. The maximum absolute atomic E-state index is 13.9. The third-order valence-corrected chi connectivity index (χ3v) is 8.25. The number of benzene rings is 2. The molecule has 0 spiro atoms. The number of amides is 2. The molecule has 1 atom stereocenters. The molecule has 8 heteroatoms. The summed E-state index contributed by atoms with van der Waals surface area (Å²) in [6.07, 6.45) is 6.80. The molecule has 0 bridgehead atoms. The Morgan fingerprint density at radius 2 is 1.62 bits per heavy atom. The number of anilines is 1. The van der Waals surface area contributed by atoms with E-state index in [1.807, 2.05) is 70.2 Å². The first kappa shape index (κ1) is 28.7. The first-order valence-corrected chi connectivity index (χ1v) is 15.1. The highest BCUT2D eigenvalue weighted by atomic mass is 32.2. The second-order valence-corrected chi connectivity index (χ2v) is 12.2. The van der Waals surface area contributed by atoms with E-state index in [1.165, 1.54) is 10.7 Å². The van der Waals surface area contributed by atoms with E-state index in [-0.39, 0.29) is 25.0 Å². The van der Waals surface area contributed by atoms with Crippen LogP contribution in [0.5, 0.6) is 0 Å². The van der Waals surface area contributed by atoms with E-state index in [9.17, 15) is 18.0 Å². The molecule has 37 heavy (non-hydrogen) atoms. The zero-order valence-electron chi connectivity index (χ0n) is 22.8. The van der Waals surface area contributed by atoms with Gasteiger partial charge in [-0.2, -0.15) is 0 Å². The molecule has 0 radical (unpaired) electrons. The third kappa shape index (κ3) is 7.57.